The van der Waals surface area contributed by atoms with E-state index in [1.54, 1.807) is 4.90 Å². The molecule has 0 radical (unpaired) electrons. The summed E-state index contributed by atoms with van der Waals surface area (Å²) in [5, 5.41) is 12.3. The van der Waals surface area contributed by atoms with Crippen molar-refractivity contribution in [3.05, 3.63) is 12.7 Å². The van der Waals surface area contributed by atoms with Gasteiger partial charge in [-0.1, -0.05) is 12.7 Å². The highest BCUT2D eigenvalue weighted by molar-refractivity contribution is 5.69. The molecular weight excluding hydrogens is 300 g/mol. The van der Waals surface area contributed by atoms with Gasteiger partial charge in [0.1, 0.15) is 12.2 Å². The maximum Gasteiger partial charge on any atom is 0.410 e. The summed E-state index contributed by atoms with van der Waals surface area (Å²) in [4.78, 5) is 25.4. The third-order valence-electron chi connectivity index (χ3n) is 3.57. The molecule has 1 heterocycles. The number of alkyl carbamates (subject to hydrolysis) is 1. The lowest BCUT2D eigenvalue weighted by Crippen LogP contribution is -2.42. The Kier molecular flexibility index (Phi) is 7.35. The first-order valence-corrected chi connectivity index (χ1v) is 7.89. The average molecular weight is 328 g/mol. The summed E-state index contributed by atoms with van der Waals surface area (Å²) < 4.78 is 10.3. The normalized spacial score (nSPS) is 22.0. The number of hydrogen-bond acceptors (Lipinski definition) is 5. The highest BCUT2D eigenvalue weighted by Crippen LogP contribution is 2.20. The number of aliphatic hydroxyl groups is 1. The summed E-state index contributed by atoms with van der Waals surface area (Å²) in [5.74, 6) is -0.126. The molecule has 23 heavy (non-hydrogen) atoms. The highest BCUT2D eigenvalue weighted by Gasteiger charge is 2.31. The van der Waals surface area contributed by atoms with Crippen LogP contribution in [0.1, 0.15) is 33.6 Å². The van der Waals surface area contributed by atoms with Crippen LogP contribution in [-0.2, 0) is 9.47 Å². The number of likely N-dealkylation sites (tertiary alicyclic amines) is 1. The third kappa shape index (κ3) is 6.90. The van der Waals surface area contributed by atoms with Crippen LogP contribution >= 0.6 is 0 Å². The zero-order chi connectivity index (χ0) is 17.5. The molecule has 7 nitrogen and oxygen atoms in total. The van der Waals surface area contributed by atoms with Crippen LogP contribution in [0, 0.1) is 5.92 Å². The molecule has 1 aliphatic rings. The number of nitrogens with zero attached hydrogens (tertiary/aromatic N) is 1. The summed E-state index contributed by atoms with van der Waals surface area (Å²) in [6, 6.07) is -0.246. The van der Waals surface area contributed by atoms with Crippen LogP contribution in [0.25, 0.3) is 0 Å². The molecular formula is C16H28N2O5. The molecule has 0 aromatic heterocycles. The van der Waals surface area contributed by atoms with Gasteiger partial charge in [0.25, 0.3) is 0 Å². The fraction of sp³-hybridized carbons (Fsp3) is 0.750. The molecule has 132 valence electrons. The van der Waals surface area contributed by atoms with Crippen molar-refractivity contribution < 1.29 is 24.2 Å². The van der Waals surface area contributed by atoms with Crippen molar-refractivity contribution in [1.29, 1.82) is 0 Å². The summed E-state index contributed by atoms with van der Waals surface area (Å²) in [6.07, 6.45) is 1.69. The van der Waals surface area contributed by atoms with Gasteiger partial charge in [0.05, 0.1) is 0 Å². The molecule has 0 aromatic carbocycles. The minimum atomic E-state index is -0.550. The second kappa shape index (κ2) is 8.76. The van der Waals surface area contributed by atoms with Crippen LogP contribution in [0.4, 0.5) is 9.59 Å². The molecule has 0 aromatic rings. The van der Waals surface area contributed by atoms with E-state index < -0.39 is 11.7 Å². The Labute approximate surface area is 137 Å². The quantitative estimate of drug-likeness (QED) is 0.770. The Morgan fingerprint density at radius 1 is 1.35 bits per heavy atom. The van der Waals surface area contributed by atoms with Crippen LogP contribution in [0.3, 0.4) is 0 Å². The fourth-order valence-corrected chi connectivity index (χ4v) is 2.41. The number of carbonyl (C=O) groups excluding carboxylic acids is 2. The zero-order valence-corrected chi connectivity index (χ0v) is 14.2. The van der Waals surface area contributed by atoms with Gasteiger partial charge in [-0.05, 0) is 33.6 Å². The molecule has 2 N–H and O–H groups in total. The number of amides is 2. The van der Waals surface area contributed by atoms with E-state index in [9.17, 15) is 14.7 Å². The predicted molar refractivity (Wildman–Crippen MR) is 86.1 cm³/mol. The maximum absolute atomic E-state index is 12.1. The monoisotopic (exact) mass is 328 g/mol. The van der Waals surface area contributed by atoms with E-state index in [0.29, 0.717) is 25.9 Å². The molecule has 0 spiro atoms. The Balaban J connectivity index is 2.62. The Morgan fingerprint density at radius 2 is 2.00 bits per heavy atom. The summed E-state index contributed by atoms with van der Waals surface area (Å²) in [6.45, 7) is 9.95. The van der Waals surface area contributed by atoms with Crippen molar-refractivity contribution in [2.75, 3.05) is 26.3 Å². The molecule has 7 heteroatoms. The lowest BCUT2D eigenvalue weighted by atomic mass is 9.96. The van der Waals surface area contributed by atoms with Gasteiger partial charge in [-0.15, -0.1) is 0 Å². The third-order valence-corrected chi connectivity index (χ3v) is 3.57. The zero-order valence-electron chi connectivity index (χ0n) is 14.2. The fourth-order valence-electron chi connectivity index (χ4n) is 2.41. The standard InChI is InChI=1S/C16H28N2O5/c1-5-10-22-14(20)17-13-7-9-18(8-6-12(13)11-19)15(21)23-16(2,3)4/h5,12-13,19H,1,6-11H2,2-4H3,(H,17,20). The van der Waals surface area contributed by atoms with Crippen molar-refractivity contribution in [2.45, 2.75) is 45.3 Å². The van der Waals surface area contributed by atoms with Crippen LogP contribution in [0.2, 0.25) is 0 Å². The number of hydrogen-bond donors (Lipinski definition) is 2. The molecule has 2 unspecified atom stereocenters. The Bertz CT molecular complexity index is 419. The number of ether oxygens (including phenoxy) is 2. The van der Waals surface area contributed by atoms with Crippen LogP contribution < -0.4 is 5.32 Å². The molecule has 1 rings (SSSR count). The second-order valence-electron chi connectivity index (χ2n) is 6.63. The summed E-state index contributed by atoms with van der Waals surface area (Å²) in [7, 11) is 0. The van der Waals surface area contributed by atoms with Gasteiger partial charge in [-0.25, -0.2) is 9.59 Å². The lowest BCUT2D eigenvalue weighted by Gasteiger charge is -2.26. The van der Waals surface area contributed by atoms with E-state index in [1.165, 1.54) is 6.08 Å². The molecule has 2 amide bonds. The first kappa shape index (κ1) is 19.3. The molecule has 0 bridgehead atoms. The van der Waals surface area contributed by atoms with E-state index in [4.69, 9.17) is 9.47 Å². The summed E-state index contributed by atoms with van der Waals surface area (Å²) >= 11 is 0. The maximum atomic E-state index is 12.1. The van der Waals surface area contributed by atoms with Gasteiger partial charge in [-0.3, -0.25) is 0 Å². The van der Waals surface area contributed by atoms with Gasteiger partial charge in [0.15, 0.2) is 0 Å². The average Bonchev–Trinajstić information content (AvgIpc) is 2.65. The smallest absolute Gasteiger partial charge is 0.410 e. The second-order valence-corrected chi connectivity index (χ2v) is 6.63. The number of carbonyl (C=O) groups is 2. The van der Waals surface area contributed by atoms with Crippen molar-refractivity contribution in [3.63, 3.8) is 0 Å². The van der Waals surface area contributed by atoms with E-state index in [0.717, 1.165) is 0 Å². The SMILES string of the molecule is C=CCOC(=O)NC1CCN(C(=O)OC(C)(C)C)CCC1CO. The topological polar surface area (TPSA) is 88.1 Å². The van der Waals surface area contributed by atoms with Crippen molar-refractivity contribution in [1.82, 2.24) is 10.2 Å². The van der Waals surface area contributed by atoms with Crippen molar-refractivity contribution >= 4 is 12.2 Å². The van der Waals surface area contributed by atoms with Crippen LogP contribution in [0.5, 0.6) is 0 Å². The predicted octanol–water partition coefficient (Wildman–Crippen LogP) is 1.91. The van der Waals surface area contributed by atoms with E-state index in [1.807, 2.05) is 20.8 Å². The van der Waals surface area contributed by atoms with Crippen LogP contribution in [0.15, 0.2) is 12.7 Å². The number of rotatable bonds is 4. The molecule has 1 saturated heterocycles. The van der Waals surface area contributed by atoms with Gasteiger partial charge in [0.2, 0.25) is 0 Å². The van der Waals surface area contributed by atoms with Crippen molar-refractivity contribution in [2.24, 2.45) is 5.92 Å². The molecule has 2 atom stereocenters. The van der Waals surface area contributed by atoms with Crippen molar-refractivity contribution in [3.8, 4) is 0 Å². The van der Waals surface area contributed by atoms with Gasteiger partial charge < -0.3 is 24.8 Å². The molecule has 1 aliphatic heterocycles. The Hall–Kier alpha value is -1.76. The van der Waals surface area contributed by atoms with Gasteiger partial charge in [-0.2, -0.15) is 0 Å². The minimum Gasteiger partial charge on any atom is -0.445 e. The minimum absolute atomic E-state index is 0.0609. The molecule has 0 aliphatic carbocycles. The van der Waals surface area contributed by atoms with E-state index in [-0.39, 0.29) is 31.3 Å². The first-order chi connectivity index (χ1) is 10.8. The molecule has 0 saturated carbocycles. The first-order valence-electron chi connectivity index (χ1n) is 7.89. The highest BCUT2D eigenvalue weighted by atomic mass is 16.6. The van der Waals surface area contributed by atoms with Crippen LogP contribution in [-0.4, -0.2) is 60.1 Å². The number of aliphatic hydroxyl groups excluding tert-OH is 1. The number of nitrogens with one attached hydrogen (secondary N) is 1. The van der Waals surface area contributed by atoms with Gasteiger partial charge in [0, 0.05) is 31.7 Å². The Morgan fingerprint density at radius 3 is 2.57 bits per heavy atom. The summed E-state index contributed by atoms with van der Waals surface area (Å²) in [5.41, 5.74) is -0.550. The largest absolute Gasteiger partial charge is 0.445 e. The molecule has 1 fully saturated rings. The lowest BCUT2D eigenvalue weighted by molar-refractivity contribution is 0.0253. The van der Waals surface area contributed by atoms with E-state index in [2.05, 4.69) is 11.9 Å². The van der Waals surface area contributed by atoms with Gasteiger partial charge >= 0.3 is 12.2 Å². The van der Waals surface area contributed by atoms with E-state index >= 15 is 0 Å².